The number of aliphatic hydroxyl groups excluding tert-OH is 3. The van der Waals surface area contributed by atoms with E-state index in [2.05, 4.69) is 59.8 Å². The third-order valence-corrected chi connectivity index (χ3v) is 14.1. The second kappa shape index (κ2) is 10.2. The second-order valence-corrected chi connectivity index (χ2v) is 16.8. The zero-order valence-corrected chi connectivity index (χ0v) is 26.6. The molecule has 0 bridgehead atoms. The first-order valence-electron chi connectivity index (χ1n) is 16.6. The third kappa shape index (κ3) is 4.52. The molecule has 3 unspecified atom stereocenters. The maximum atomic E-state index is 11.0. The minimum absolute atomic E-state index is 0.0796. The predicted octanol–water partition coefficient (Wildman–Crippen LogP) is 7.44. The Labute approximate surface area is 249 Å². The highest BCUT2D eigenvalue weighted by Gasteiger charge is 2.66. The Kier molecular flexibility index (Phi) is 7.41. The normalized spacial score (nSPS) is 46.9. The van der Waals surface area contributed by atoms with Crippen molar-refractivity contribution in [2.75, 3.05) is 6.61 Å². The topological polar surface area (TPSA) is 69.9 Å². The van der Waals surface area contributed by atoms with Gasteiger partial charge in [-0.25, -0.2) is 0 Å². The quantitative estimate of drug-likeness (QED) is 0.325. The minimum atomic E-state index is -0.394. The smallest absolute Gasteiger partial charge is 0.0720 e. The number of hydrogen-bond donors (Lipinski definition) is 3. The summed E-state index contributed by atoms with van der Waals surface area (Å²) in [5, 5.41) is 30.9. The molecule has 0 heterocycles. The summed E-state index contributed by atoms with van der Waals surface area (Å²) in [6.07, 6.45) is 12.7. The van der Waals surface area contributed by atoms with Crippen LogP contribution < -0.4 is 0 Å². The highest BCUT2D eigenvalue weighted by Crippen LogP contribution is 2.72. The van der Waals surface area contributed by atoms with Gasteiger partial charge in [-0.15, -0.1) is 0 Å². The average Bonchev–Trinajstić information content (AvgIpc) is 2.94. The van der Waals surface area contributed by atoms with Crippen molar-refractivity contribution >= 4 is 0 Å². The fraction of sp³-hybridized carbons (Fsp3) is 0.784. The average molecular weight is 565 g/mol. The summed E-state index contributed by atoms with van der Waals surface area (Å²) in [6.45, 7) is 15.5. The number of aliphatic hydroxyl groups is 3. The molecule has 0 aliphatic heterocycles. The van der Waals surface area contributed by atoms with Crippen molar-refractivity contribution in [2.45, 2.75) is 125 Å². The summed E-state index contributed by atoms with van der Waals surface area (Å²) in [5.41, 5.74) is 4.32. The summed E-state index contributed by atoms with van der Waals surface area (Å²) in [7, 11) is 0. The zero-order chi connectivity index (χ0) is 29.4. The number of ether oxygens (including phenoxy) is 1. The molecule has 0 saturated heterocycles. The van der Waals surface area contributed by atoms with E-state index in [-0.39, 0.29) is 46.4 Å². The Morgan fingerprint density at radius 3 is 2.10 bits per heavy atom. The molecular weight excluding hydrogens is 508 g/mol. The highest BCUT2D eigenvalue weighted by molar-refractivity contribution is 5.30. The van der Waals surface area contributed by atoms with Gasteiger partial charge < -0.3 is 20.1 Å². The van der Waals surface area contributed by atoms with Crippen LogP contribution in [-0.2, 0) is 18.0 Å². The lowest BCUT2D eigenvalue weighted by molar-refractivity contribution is -0.205. The summed E-state index contributed by atoms with van der Waals surface area (Å²) in [5.74, 6) is 2.18. The monoisotopic (exact) mass is 564 g/mol. The minimum Gasteiger partial charge on any atom is -0.396 e. The fourth-order valence-electron chi connectivity index (χ4n) is 11.5. The first-order valence-corrected chi connectivity index (χ1v) is 16.6. The van der Waals surface area contributed by atoms with Crippen molar-refractivity contribution in [3.63, 3.8) is 0 Å². The van der Waals surface area contributed by atoms with Crippen molar-refractivity contribution < 1.29 is 20.1 Å². The van der Waals surface area contributed by atoms with Crippen molar-refractivity contribution in [1.82, 2.24) is 0 Å². The molecule has 5 aliphatic rings. The molecular formula is C37H56O4. The van der Waals surface area contributed by atoms with Crippen molar-refractivity contribution in [2.24, 2.45) is 50.7 Å². The Balaban J connectivity index is 1.29. The number of allylic oxidation sites excluding steroid dienone is 2. The molecule has 10 atom stereocenters. The molecule has 3 N–H and O–H groups in total. The largest absolute Gasteiger partial charge is 0.396 e. The molecule has 0 amide bonds. The Bertz CT molecular complexity index is 1160. The van der Waals surface area contributed by atoms with E-state index in [0.717, 1.165) is 37.7 Å². The van der Waals surface area contributed by atoms with Gasteiger partial charge in [-0.05, 0) is 109 Å². The van der Waals surface area contributed by atoms with E-state index in [9.17, 15) is 15.3 Å². The van der Waals surface area contributed by atoms with Gasteiger partial charge in [0.25, 0.3) is 0 Å². The fourth-order valence-corrected chi connectivity index (χ4v) is 11.5. The molecule has 5 aliphatic carbocycles. The van der Waals surface area contributed by atoms with Crippen LogP contribution in [0.25, 0.3) is 0 Å². The predicted molar refractivity (Wildman–Crippen MR) is 164 cm³/mol. The van der Waals surface area contributed by atoms with E-state index in [1.807, 2.05) is 12.1 Å². The van der Waals surface area contributed by atoms with Crippen LogP contribution in [0.3, 0.4) is 0 Å². The number of fused-ring (bicyclic) bond motifs is 7. The van der Waals surface area contributed by atoms with E-state index in [0.29, 0.717) is 30.3 Å². The van der Waals surface area contributed by atoms with E-state index >= 15 is 0 Å². The molecule has 4 heteroatoms. The molecule has 4 nitrogen and oxygen atoms in total. The summed E-state index contributed by atoms with van der Waals surface area (Å²) in [6, 6.07) is 8.22. The van der Waals surface area contributed by atoms with Gasteiger partial charge in [0, 0.05) is 10.8 Å². The first-order chi connectivity index (χ1) is 19.3. The Morgan fingerprint density at radius 2 is 1.41 bits per heavy atom. The maximum Gasteiger partial charge on any atom is 0.0720 e. The SMILES string of the molecule is CC1(C)C[C@@H](OCc2ccc(CO)cc2)[C@]2(C)CCC3C(=CCC4[C@@]3(C)CCC3[C@]4(C)CC[C@H](O)[C@]3(C)CO)[C@@H]2C1. The molecule has 1 aromatic rings. The summed E-state index contributed by atoms with van der Waals surface area (Å²) < 4.78 is 6.86. The summed E-state index contributed by atoms with van der Waals surface area (Å²) >= 11 is 0. The highest BCUT2D eigenvalue weighted by atomic mass is 16.5. The van der Waals surface area contributed by atoms with Gasteiger partial charge in [0.2, 0.25) is 0 Å². The molecule has 41 heavy (non-hydrogen) atoms. The van der Waals surface area contributed by atoms with Crippen LogP contribution in [0.4, 0.5) is 0 Å². The van der Waals surface area contributed by atoms with Crippen LogP contribution in [0.1, 0.15) is 110 Å². The van der Waals surface area contributed by atoms with E-state index in [1.54, 1.807) is 5.57 Å². The molecule has 0 spiro atoms. The molecule has 0 radical (unpaired) electrons. The maximum absolute atomic E-state index is 11.0. The molecule has 4 saturated carbocycles. The van der Waals surface area contributed by atoms with Gasteiger partial charge in [0.15, 0.2) is 0 Å². The van der Waals surface area contributed by atoms with Gasteiger partial charge in [0.05, 0.1) is 32.0 Å². The van der Waals surface area contributed by atoms with Gasteiger partial charge in [-0.2, -0.15) is 0 Å². The lowest BCUT2D eigenvalue weighted by atomic mass is 9.37. The third-order valence-electron chi connectivity index (χ3n) is 14.1. The van der Waals surface area contributed by atoms with Crippen LogP contribution in [0, 0.1) is 50.7 Å². The van der Waals surface area contributed by atoms with Crippen LogP contribution in [0.2, 0.25) is 0 Å². The number of hydrogen-bond acceptors (Lipinski definition) is 4. The standard InChI is InChI=1S/C37H56O4/c1-33(2)19-28-26-11-12-29-34(3,17-14-30-36(29,5)18-15-31(40)37(30,6)23-39)27(26)13-16-35(28,4)32(20-33)41-22-25-9-7-24(21-38)8-10-25/h7-11,27-32,38-40H,12-23H2,1-6H3/t27?,28-,29?,30?,31-,32+,34-,35+,36+,37+/m0/s1. The van der Waals surface area contributed by atoms with Gasteiger partial charge in [-0.3, -0.25) is 0 Å². The molecule has 4 fully saturated rings. The molecule has 0 aromatic heterocycles. The second-order valence-electron chi connectivity index (χ2n) is 16.8. The van der Waals surface area contributed by atoms with Crippen LogP contribution in [0.5, 0.6) is 0 Å². The van der Waals surface area contributed by atoms with Gasteiger partial charge in [-0.1, -0.05) is 77.5 Å². The van der Waals surface area contributed by atoms with Gasteiger partial charge in [0.1, 0.15) is 0 Å². The van der Waals surface area contributed by atoms with E-state index in [4.69, 9.17) is 4.74 Å². The lowest BCUT2D eigenvalue weighted by Gasteiger charge is -2.68. The van der Waals surface area contributed by atoms with Crippen LogP contribution in [-0.4, -0.2) is 34.1 Å². The first kappa shape index (κ1) is 29.9. The Hall–Kier alpha value is -1.20. The summed E-state index contributed by atoms with van der Waals surface area (Å²) in [4.78, 5) is 0. The lowest BCUT2D eigenvalue weighted by Crippen LogP contribution is -2.63. The Morgan fingerprint density at radius 1 is 0.756 bits per heavy atom. The molecule has 1 aromatic carbocycles. The van der Waals surface area contributed by atoms with E-state index in [1.165, 1.54) is 31.2 Å². The molecule has 6 rings (SSSR count). The van der Waals surface area contributed by atoms with Crippen molar-refractivity contribution in [3.05, 3.63) is 47.0 Å². The van der Waals surface area contributed by atoms with Crippen molar-refractivity contribution in [3.8, 4) is 0 Å². The van der Waals surface area contributed by atoms with Crippen molar-refractivity contribution in [1.29, 1.82) is 0 Å². The number of rotatable bonds is 5. The van der Waals surface area contributed by atoms with Crippen LogP contribution >= 0.6 is 0 Å². The number of benzene rings is 1. The van der Waals surface area contributed by atoms with Crippen LogP contribution in [0.15, 0.2) is 35.9 Å². The molecule has 228 valence electrons. The van der Waals surface area contributed by atoms with E-state index < -0.39 is 6.10 Å². The van der Waals surface area contributed by atoms with Gasteiger partial charge >= 0.3 is 0 Å². The zero-order valence-electron chi connectivity index (χ0n) is 26.6.